The van der Waals surface area contributed by atoms with Crippen LogP contribution in [0.1, 0.15) is 18.9 Å². The standard InChI is InChI=1S/C12H17BrO/c1-11(7-8-13)9-14-10-12-5-3-2-4-6-12/h2-6,11H,7-10H2,1H3/t11-/m0/s1. The molecule has 0 fully saturated rings. The predicted molar refractivity (Wildman–Crippen MR) is 63.7 cm³/mol. The van der Waals surface area contributed by atoms with Crippen LogP contribution in [0.2, 0.25) is 0 Å². The lowest BCUT2D eigenvalue weighted by molar-refractivity contribution is 0.0914. The van der Waals surface area contributed by atoms with Crippen LogP contribution in [0.5, 0.6) is 0 Å². The van der Waals surface area contributed by atoms with Crippen LogP contribution in [0, 0.1) is 5.92 Å². The van der Waals surface area contributed by atoms with Gasteiger partial charge < -0.3 is 4.74 Å². The van der Waals surface area contributed by atoms with Gasteiger partial charge in [-0.3, -0.25) is 0 Å². The Kier molecular flexibility index (Phi) is 5.88. The fourth-order valence-corrected chi connectivity index (χ4v) is 2.00. The van der Waals surface area contributed by atoms with Gasteiger partial charge in [-0.25, -0.2) is 0 Å². The summed E-state index contributed by atoms with van der Waals surface area (Å²) in [6, 6.07) is 10.3. The van der Waals surface area contributed by atoms with Crippen LogP contribution in [0.25, 0.3) is 0 Å². The van der Waals surface area contributed by atoms with Crippen molar-refractivity contribution in [3.05, 3.63) is 35.9 Å². The fourth-order valence-electron chi connectivity index (χ4n) is 1.22. The van der Waals surface area contributed by atoms with E-state index in [1.807, 2.05) is 18.2 Å². The van der Waals surface area contributed by atoms with E-state index < -0.39 is 0 Å². The van der Waals surface area contributed by atoms with Crippen molar-refractivity contribution >= 4 is 15.9 Å². The molecule has 2 heteroatoms. The summed E-state index contributed by atoms with van der Waals surface area (Å²) < 4.78 is 5.61. The first-order valence-corrected chi connectivity index (χ1v) is 6.12. The highest BCUT2D eigenvalue weighted by molar-refractivity contribution is 9.09. The molecular weight excluding hydrogens is 240 g/mol. The highest BCUT2D eigenvalue weighted by Crippen LogP contribution is 2.07. The molecule has 1 atom stereocenters. The zero-order chi connectivity index (χ0) is 10.2. The van der Waals surface area contributed by atoms with E-state index in [1.54, 1.807) is 0 Å². The lowest BCUT2D eigenvalue weighted by Crippen LogP contribution is -2.06. The van der Waals surface area contributed by atoms with Crippen molar-refractivity contribution in [3.63, 3.8) is 0 Å². The summed E-state index contributed by atoms with van der Waals surface area (Å²) in [6.45, 7) is 3.79. The van der Waals surface area contributed by atoms with Gasteiger partial charge in [-0.1, -0.05) is 53.2 Å². The molecule has 1 nitrogen and oxygen atoms in total. The van der Waals surface area contributed by atoms with Crippen molar-refractivity contribution in [2.75, 3.05) is 11.9 Å². The number of hydrogen-bond acceptors (Lipinski definition) is 1. The smallest absolute Gasteiger partial charge is 0.0717 e. The Morgan fingerprint density at radius 2 is 2.00 bits per heavy atom. The monoisotopic (exact) mass is 256 g/mol. The lowest BCUT2D eigenvalue weighted by Gasteiger charge is -2.10. The van der Waals surface area contributed by atoms with E-state index in [-0.39, 0.29) is 0 Å². The zero-order valence-electron chi connectivity index (χ0n) is 8.58. The molecule has 0 aliphatic carbocycles. The molecule has 0 aromatic heterocycles. The topological polar surface area (TPSA) is 9.23 Å². The second-order valence-corrected chi connectivity index (χ2v) is 4.38. The third kappa shape index (κ3) is 4.77. The van der Waals surface area contributed by atoms with Crippen molar-refractivity contribution in [2.45, 2.75) is 20.0 Å². The summed E-state index contributed by atoms with van der Waals surface area (Å²) in [5.74, 6) is 0.637. The molecule has 0 saturated carbocycles. The van der Waals surface area contributed by atoms with Gasteiger partial charge in [0.25, 0.3) is 0 Å². The normalized spacial score (nSPS) is 12.7. The van der Waals surface area contributed by atoms with Crippen molar-refractivity contribution < 1.29 is 4.74 Å². The molecule has 0 aliphatic heterocycles. The average molecular weight is 257 g/mol. The van der Waals surface area contributed by atoms with Crippen LogP contribution in [0.4, 0.5) is 0 Å². The van der Waals surface area contributed by atoms with Crippen LogP contribution in [-0.2, 0) is 11.3 Å². The van der Waals surface area contributed by atoms with E-state index in [0.717, 1.165) is 18.5 Å². The number of rotatable bonds is 6. The summed E-state index contributed by atoms with van der Waals surface area (Å²) in [5.41, 5.74) is 1.25. The van der Waals surface area contributed by atoms with E-state index in [1.165, 1.54) is 12.0 Å². The van der Waals surface area contributed by atoms with Crippen LogP contribution < -0.4 is 0 Å². The maximum atomic E-state index is 5.61. The number of hydrogen-bond donors (Lipinski definition) is 0. The van der Waals surface area contributed by atoms with Gasteiger partial charge in [0.1, 0.15) is 0 Å². The Labute approximate surface area is 94.6 Å². The van der Waals surface area contributed by atoms with E-state index in [0.29, 0.717) is 5.92 Å². The minimum Gasteiger partial charge on any atom is -0.376 e. The maximum absolute atomic E-state index is 5.61. The Bertz CT molecular complexity index is 235. The van der Waals surface area contributed by atoms with Crippen LogP contribution in [0.15, 0.2) is 30.3 Å². The maximum Gasteiger partial charge on any atom is 0.0717 e. The van der Waals surface area contributed by atoms with Gasteiger partial charge in [-0.2, -0.15) is 0 Å². The lowest BCUT2D eigenvalue weighted by atomic mass is 10.1. The largest absolute Gasteiger partial charge is 0.376 e. The SMILES string of the molecule is C[C@@H](CCBr)COCc1ccccc1. The van der Waals surface area contributed by atoms with Crippen LogP contribution in [-0.4, -0.2) is 11.9 Å². The van der Waals surface area contributed by atoms with Crippen LogP contribution in [0.3, 0.4) is 0 Å². The minimum atomic E-state index is 0.637. The summed E-state index contributed by atoms with van der Waals surface area (Å²) in [5, 5.41) is 1.06. The third-order valence-corrected chi connectivity index (χ3v) is 2.57. The van der Waals surface area contributed by atoms with Gasteiger partial charge in [-0.05, 0) is 17.9 Å². The number of benzene rings is 1. The van der Waals surface area contributed by atoms with Gasteiger partial charge in [0, 0.05) is 11.9 Å². The van der Waals surface area contributed by atoms with Crippen molar-refractivity contribution in [1.29, 1.82) is 0 Å². The van der Waals surface area contributed by atoms with Crippen molar-refractivity contribution in [3.8, 4) is 0 Å². The summed E-state index contributed by atoms with van der Waals surface area (Å²) >= 11 is 3.43. The summed E-state index contributed by atoms with van der Waals surface area (Å²) in [7, 11) is 0. The second-order valence-electron chi connectivity index (χ2n) is 3.58. The Hall–Kier alpha value is -0.340. The zero-order valence-corrected chi connectivity index (χ0v) is 10.2. The molecule has 0 amide bonds. The average Bonchev–Trinajstić information content (AvgIpc) is 2.20. The summed E-state index contributed by atoms with van der Waals surface area (Å²) in [4.78, 5) is 0. The quantitative estimate of drug-likeness (QED) is 0.707. The van der Waals surface area contributed by atoms with Gasteiger partial charge in [0.2, 0.25) is 0 Å². The van der Waals surface area contributed by atoms with E-state index in [2.05, 4.69) is 35.0 Å². The molecule has 0 aliphatic rings. The van der Waals surface area contributed by atoms with Crippen molar-refractivity contribution in [2.24, 2.45) is 5.92 Å². The number of alkyl halides is 1. The molecule has 0 unspecified atom stereocenters. The van der Waals surface area contributed by atoms with Gasteiger partial charge in [-0.15, -0.1) is 0 Å². The van der Waals surface area contributed by atoms with Crippen molar-refractivity contribution in [1.82, 2.24) is 0 Å². The molecule has 0 saturated heterocycles. The van der Waals surface area contributed by atoms with E-state index in [4.69, 9.17) is 4.74 Å². The first-order chi connectivity index (χ1) is 6.83. The first kappa shape index (κ1) is 11.7. The van der Waals surface area contributed by atoms with E-state index >= 15 is 0 Å². The van der Waals surface area contributed by atoms with Gasteiger partial charge >= 0.3 is 0 Å². The predicted octanol–water partition coefficient (Wildman–Crippen LogP) is 3.62. The Balaban J connectivity index is 2.16. The minimum absolute atomic E-state index is 0.637. The number of ether oxygens (including phenoxy) is 1. The molecule has 78 valence electrons. The molecule has 1 rings (SSSR count). The fraction of sp³-hybridized carbons (Fsp3) is 0.500. The molecule has 0 radical (unpaired) electrons. The van der Waals surface area contributed by atoms with Crippen LogP contribution >= 0.6 is 15.9 Å². The van der Waals surface area contributed by atoms with E-state index in [9.17, 15) is 0 Å². The van der Waals surface area contributed by atoms with Gasteiger partial charge in [0.05, 0.1) is 6.61 Å². The second kappa shape index (κ2) is 7.02. The first-order valence-electron chi connectivity index (χ1n) is 5.00. The summed E-state index contributed by atoms with van der Waals surface area (Å²) in [6.07, 6.45) is 1.18. The molecule has 0 spiro atoms. The highest BCUT2D eigenvalue weighted by Gasteiger charge is 2.00. The molecule has 0 bridgehead atoms. The Morgan fingerprint density at radius 3 is 2.64 bits per heavy atom. The molecule has 1 aromatic carbocycles. The molecule has 0 heterocycles. The molecule has 1 aromatic rings. The highest BCUT2D eigenvalue weighted by atomic mass is 79.9. The van der Waals surface area contributed by atoms with Gasteiger partial charge in [0.15, 0.2) is 0 Å². The number of halogens is 1. The molecule has 14 heavy (non-hydrogen) atoms. The Morgan fingerprint density at radius 1 is 1.29 bits per heavy atom. The third-order valence-electron chi connectivity index (χ3n) is 2.12. The molecular formula is C12H17BrO. The molecule has 0 N–H and O–H groups in total.